The molecule has 0 bridgehead atoms. The molecule has 5 rings (SSSR count). The van der Waals surface area contributed by atoms with Gasteiger partial charge >= 0.3 is 0 Å². The lowest BCUT2D eigenvalue weighted by Crippen LogP contribution is -2.36. The first-order valence-corrected chi connectivity index (χ1v) is 12.4. The molecule has 0 radical (unpaired) electrons. The number of hydrogen-bond donors (Lipinski definition) is 1. The molecule has 3 aromatic rings. The van der Waals surface area contributed by atoms with Crippen LogP contribution in [-0.2, 0) is 24.1 Å². The van der Waals surface area contributed by atoms with Crippen LogP contribution >= 0.6 is 22.7 Å². The number of thiophene rings is 2. The van der Waals surface area contributed by atoms with E-state index >= 15 is 0 Å². The largest absolute Gasteiger partial charge is 0.379 e. The third-order valence-corrected chi connectivity index (χ3v) is 8.20. The summed E-state index contributed by atoms with van der Waals surface area (Å²) in [6.45, 7) is 5.12. The fourth-order valence-electron chi connectivity index (χ4n) is 4.41. The molecule has 0 unspecified atom stereocenters. The van der Waals surface area contributed by atoms with Gasteiger partial charge in [0.05, 0.1) is 31.2 Å². The molecular weight excluding hydrogens is 414 g/mol. The summed E-state index contributed by atoms with van der Waals surface area (Å²) in [7, 11) is 4.29. The summed E-state index contributed by atoms with van der Waals surface area (Å²) in [4.78, 5) is 18.7. The van der Waals surface area contributed by atoms with Gasteiger partial charge in [0.2, 0.25) is 0 Å². The van der Waals surface area contributed by atoms with Gasteiger partial charge in [-0.2, -0.15) is 0 Å². The van der Waals surface area contributed by atoms with Crippen molar-refractivity contribution in [2.24, 2.45) is 0 Å². The number of hydrogen-bond acceptors (Lipinski definition) is 8. The molecule has 1 aliphatic heterocycles. The Labute approximate surface area is 185 Å². The summed E-state index contributed by atoms with van der Waals surface area (Å²) < 4.78 is 5.50. The predicted molar refractivity (Wildman–Crippen MR) is 125 cm³/mol. The highest BCUT2D eigenvalue weighted by atomic mass is 32.1. The van der Waals surface area contributed by atoms with Crippen molar-refractivity contribution < 1.29 is 4.74 Å². The van der Waals surface area contributed by atoms with Crippen LogP contribution in [-0.4, -0.2) is 66.7 Å². The quantitative estimate of drug-likeness (QED) is 0.600. The maximum Gasteiger partial charge on any atom is 0.146 e. The van der Waals surface area contributed by atoms with E-state index in [1.165, 1.54) is 33.5 Å². The molecule has 8 heteroatoms. The minimum absolute atomic E-state index is 0.324. The van der Waals surface area contributed by atoms with Gasteiger partial charge in [0, 0.05) is 29.4 Å². The SMILES string of the molecule is CN(C)[C@@H](CNc1nc(CN2CCOCC2)nc2sc3c(c12)CCC3)c1cccs1. The molecule has 30 heavy (non-hydrogen) atoms. The molecule has 4 heterocycles. The number of aromatic nitrogens is 2. The van der Waals surface area contributed by atoms with E-state index in [9.17, 15) is 0 Å². The first-order chi connectivity index (χ1) is 14.7. The Hall–Kier alpha value is -1.58. The molecule has 0 amide bonds. The second-order valence-corrected chi connectivity index (χ2v) is 10.4. The molecule has 0 saturated carbocycles. The Morgan fingerprint density at radius 2 is 2.10 bits per heavy atom. The Bertz CT molecular complexity index is 995. The van der Waals surface area contributed by atoms with Gasteiger partial charge in [-0.25, -0.2) is 9.97 Å². The van der Waals surface area contributed by atoms with Crippen LogP contribution in [0.4, 0.5) is 5.82 Å². The molecule has 1 saturated heterocycles. The molecule has 3 aromatic heterocycles. The molecule has 1 N–H and O–H groups in total. The number of anilines is 1. The number of aryl methyl sites for hydroxylation is 2. The number of fused-ring (bicyclic) bond motifs is 3. The minimum atomic E-state index is 0.324. The Morgan fingerprint density at radius 1 is 1.23 bits per heavy atom. The van der Waals surface area contributed by atoms with Crippen LogP contribution in [0.3, 0.4) is 0 Å². The molecular formula is C22H29N5OS2. The van der Waals surface area contributed by atoms with Crippen molar-refractivity contribution in [3.63, 3.8) is 0 Å². The summed E-state index contributed by atoms with van der Waals surface area (Å²) in [6, 6.07) is 4.68. The molecule has 1 atom stereocenters. The lowest BCUT2D eigenvalue weighted by molar-refractivity contribution is 0.0331. The number of nitrogens with zero attached hydrogens (tertiary/aromatic N) is 4. The van der Waals surface area contributed by atoms with E-state index in [4.69, 9.17) is 14.7 Å². The molecule has 6 nitrogen and oxygen atoms in total. The Balaban J connectivity index is 1.45. The monoisotopic (exact) mass is 443 g/mol. The third-order valence-electron chi connectivity index (χ3n) is 6.04. The average Bonchev–Trinajstić information content (AvgIpc) is 3.46. The van der Waals surface area contributed by atoms with Crippen molar-refractivity contribution in [1.82, 2.24) is 19.8 Å². The van der Waals surface area contributed by atoms with Crippen molar-refractivity contribution in [3.8, 4) is 0 Å². The summed E-state index contributed by atoms with van der Waals surface area (Å²) in [5, 5.41) is 7.15. The number of rotatable bonds is 7. The van der Waals surface area contributed by atoms with E-state index in [2.05, 4.69) is 46.7 Å². The molecule has 160 valence electrons. The van der Waals surface area contributed by atoms with Gasteiger partial charge in [-0.15, -0.1) is 22.7 Å². The highest BCUT2D eigenvalue weighted by Crippen LogP contribution is 2.40. The van der Waals surface area contributed by atoms with Crippen molar-refractivity contribution in [2.45, 2.75) is 31.8 Å². The van der Waals surface area contributed by atoms with Gasteiger partial charge in [0.25, 0.3) is 0 Å². The van der Waals surface area contributed by atoms with Gasteiger partial charge in [-0.3, -0.25) is 4.90 Å². The maximum atomic E-state index is 5.50. The van der Waals surface area contributed by atoms with Crippen LogP contribution in [0.2, 0.25) is 0 Å². The molecule has 1 aliphatic carbocycles. The summed E-state index contributed by atoms with van der Waals surface area (Å²) >= 11 is 3.69. The number of nitrogens with one attached hydrogen (secondary N) is 1. The lowest BCUT2D eigenvalue weighted by atomic mass is 10.1. The second kappa shape index (κ2) is 8.88. The third kappa shape index (κ3) is 4.11. The average molecular weight is 444 g/mol. The normalized spacial score (nSPS) is 18.2. The number of morpholine rings is 1. The van der Waals surface area contributed by atoms with Crippen LogP contribution < -0.4 is 5.32 Å². The van der Waals surface area contributed by atoms with Gasteiger partial charge in [-0.05, 0) is 50.4 Å². The van der Waals surface area contributed by atoms with Crippen LogP contribution in [0.1, 0.15) is 33.6 Å². The highest BCUT2D eigenvalue weighted by Gasteiger charge is 2.24. The zero-order chi connectivity index (χ0) is 20.5. The molecule has 1 fully saturated rings. The van der Waals surface area contributed by atoms with Crippen LogP contribution in [0, 0.1) is 0 Å². The first kappa shape index (κ1) is 20.3. The smallest absolute Gasteiger partial charge is 0.146 e. The van der Waals surface area contributed by atoms with E-state index in [-0.39, 0.29) is 0 Å². The van der Waals surface area contributed by atoms with Crippen molar-refractivity contribution in [1.29, 1.82) is 0 Å². The topological polar surface area (TPSA) is 53.5 Å². The van der Waals surface area contributed by atoms with Gasteiger partial charge < -0.3 is 15.0 Å². The van der Waals surface area contributed by atoms with Gasteiger partial charge in [0.15, 0.2) is 0 Å². The fourth-order valence-corrected chi connectivity index (χ4v) is 6.61. The van der Waals surface area contributed by atoms with Crippen LogP contribution in [0.5, 0.6) is 0 Å². The highest BCUT2D eigenvalue weighted by molar-refractivity contribution is 7.19. The van der Waals surface area contributed by atoms with E-state index < -0.39 is 0 Å². The maximum absolute atomic E-state index is 5.50. The van der Waals surface area contributed by atoms with Gasteiger partial charge in [0.1, 0.15) is 16.5 Å². The van der Waals surface area contributed by atoms with Crippen molar-refractivity contribution in [2.75, 3.05) is 52.3 Å². The van der Waals surface area contributed by atoms with Crippen molar-refractivity contribution in [3.05, 3.63) is 38.7 Å². The lowest BCUT2D eigenvalue weighted by Gasteiger charge is -2.26. The second-order valence-electron chi connectivity index (χ2n) is 8.29. The zero-order valence-electron chi connectivity index (χ0n) is 17.7. The zero-order valence-corrected chi connectivity index (χ0v) is 19.3. The first-order valence-electron chi connectivity index (χ1n) is 10.7. The number of likely N-dealkylation sites (N-methyl/N-ethyl adjacent to an activating group) is 1. The Kier molecular flexibility index (Phi) is 6.02. The van der Waals surface area contributed by atoms with E-state index in [0.29, 0.717) is 6.04 Å². The molecule has 0 spiro atoms. The number of ether oxygens (including phenoxy) is 1. The van der Waals surface area contributed by atoms with Crippen LogP contribution in [0.15, 0.2) is 17.5 Å². The Morgan fingerprint density at radius 3 is 2.87 bits per heavy atom. The van der Waals surface area contributed by atoms with E-state index in [0.717, 1.165) is 62.3 Å². The van der Waals surface area contributed by atoms with E-state index in [1.807, 2.05) is 22.7 Å². The summed E-state index contributed by atoms with van der Waals surface area (Å²) in [5.41, 5.74) is 1.48. The summed E-state index contributed by atoms with van der Waals surface area (Å²) in [6.07, 6.45) is 3.59. The molecule has 0 aromatic carbocycles. The minimum Gasteiger partial charge on any atom is -0.379 e. The van der Waals surface area contributed by atoms with Crippen molar-refractivity contribution >= 4 is 38.7 Å². The van der Waals surface area contributed by atoms with Crippen LogP contribution in [0.25, 0.3) is 10.2 Å². The molecule has 2 aliphatic rings. The summed E-state index contributed by atoms with van der Waals surface area (Å²) in [5.74, 6) is 1.94. The fraction of sp³-hybridized carbons (Fsp3) is 0.545. The van der Waals surface area contributed by atoms with Gasteiger partial charge in [-0.1, -0.05) is 6.07 Å². The standard InChI is InChI=1S/C22H29N5OS2/c1-26(2)16(18-7-4-12-29-18)13-23-21-20-15-5-3-6-17(15)30-22(20)25-19(24-21)14-27-8-10-28-11-9-27/h4,7,12,16H,3,5-6,8-11,13-14H2,1-2H3,(H,23,24,25)/t16-/m0/s1. The van der Waals surface area contributed by atoms with E-state index in [1.54, 1.807) is 0 Å². The predicted octanol–water partition coefficient (Wildman–Crippen LogP) is 3.79.